The molecule has 0 aromatic heterocycles. The van der Waals surface area contributed by atoms with Gasteiger partial charge < -0.3 is 14.8 Å². The second kappa shape index (κ2) is 8.93. The van der Waals surface area contributed by atoms with Gasteiger partial charge in [-0.1, -0.05) is 30.3 Å². The molecule has 2 aromatic rings. The summed E-state index contributed by atoms with van der Waals surface area (Å²) in [5.41, 5.74) is 2.27. The van der Waals surface area contributed by atoms with Crippen LogP contribution in [0.1, 0.15) is 11.1 Å². The van der Waals surface area contributed by atoms with Crippen LogP contribution in [0.2, 0.25) is 0 Å². The molecule has 0 saturated carbocycles. The lowest BCUT2D eigenvalue weighted by molar-refractivity contribution is 0.282. The van der Waals surface area contributed by atoms with Gasteiger partial charge in [0.1, 0.15) is 6.61 Å². The van der Waals surface area contributed by atoms with E-state index in [0.717, 1.165) is 33.6 Å². The van der Waals surface area contributed by atoms with Crippen LogP contribution in [0.25, 0.3) is 0 Å². The molecule has 3 nitrogen and oxygen atoms in total. The highest BCUT2D eigenvalue weighted by molar-refractivity contribution is 9.10. The normalized spacial score (nSPS) is 9.86. The van der Waals surface area contributed by atoms with Crippen molar-refractivity contribution in [2.75, 3.05) is 14.2 Å². The fourth-order valence-electron chi connectivity index (χ4n) is 1.95. The van der Waals surface area contributed by atoms with Crippen LogP contribution in [-0.2, 0) is 13.2 Å². The van der Waals surface area contributed by atoms with Crippen molar-refractivity contribution >= 4 is 28.3 Å². The number of benzene rings is 2. The molecule has 0 amide bonds. The molecule has 5 heteroatoms. The maximum atomic E-state index is 5.89. The van der Waals surface area contributed by atoms with Gasteiger partial charge in [0, 0.05) is 6.54 Å². The van der Waals surface area contributed by atoms with Gasteiger partial charge in [-0.15, -0.1) is 12.4 Å². The number of hydrogen-bond donors (Lipinski definition) is 1. The van der Waals surface area contributed by atoms with Gasteiger partial charge in [0.05, 0.1) is 11.6 Å². The van der Waals surface area contributed by atoms with Crippen LogP contribution >= 0.6 is 28.3 Å². The van der Waals surface area contributed by atoms with E-state index in [1.54, 1.807) is 7.11 Å². The first-order chi connectivity index (χ1) is 9.74. The van der Waals surface area contributed by atoms with Crippen molar-refractivity contribution in [1.29, 1.82) is 0 Å². The molecule has 0 aliphatic rings. The van der Waals surface area contributed by atoms with E-state index in [1.807, 2.05) is 49.5 Å². The maximum absolute atomic E-state index is 5.89. The molecular formula is C16H19BrClNO2. The Morgan fingerprint density at radius 1 is 1.10 bits per heavy atom. The summed E-state index contributed by atoms with van der Waals surface area (Å²) in [5, 5.41) is 3.12. The highest BCUT2D eigenvalue weighted by atomic mass is 79.9. The molecule has 1 N–H and O–H groups in total. The Bertz CT molecular complexity index is 564. The van der Waals surface area contributed by atoms with Gasteiger partial charge in [-0.25, -0.2) is 0 Å². The summed E-state index contributed by atoms with van der Waals surface area (Å²) in [6.45, 7) is 1.30. The average molecular weight is 373 g/mol. The SMILES string of the molecule is CNCc1cc(Br)c(OCc2ccccc2)c(OC)c1.Cl. The summed E-state index contributed by atoms with van der Waals surface area (Å²) < 4.78 is 12.2. The van der Waals surface area contributed by atoms with Crippen LogP contribution in [0.5, 0.6) is 11.5 Å². The Morgan fingerprint density at radius 3 is 2.43 bits per heavy atom. The van der Waals surface area contributed by atoms with Gasteiger partial charge in [-0.2, -0.15) is 0 Å². The van der Waals surface area contributed by atoms with E-state index >= 15 is 0 Å². The van der Waals surface area contributed by atoms with Crippen molar-refractivity contribution in [1.82, 2.24) is 5.32 Å². The number of hydrogen-bond acceptors (Lipinski definition) is 3. The lowest BCUT2D eigenvalue weighted by Gasteiger charge is -2.14. The number of halogens is 2. The molecule has 0 aliphatic carbocycles. The summed E-state index contributed by atoms with van der Waals surface area (Å²) in [4.78, 5) is 0. The third kappa shape index (κ3) is 4.92. The van der Waals surface area contributed by atoms with Crippen molar-refractivity contribution in [3.63, 3.8) is 0 Å². The molecule has 0 saturated heterocycles. The van der Waals surface area contributed by atoms with Crippen LogP contribution < -0.4 is 14.8 Å². The molecular weight excluding hydrogens is 354 g/mol. The lowest BCUT2D eigenvalue weighted by atomic mass is 10.2. The first-order valence-corrected chi connectivity index (χ1v) is 7.21. The molecule has 0 radical (unpaired) electrons. The Kier molecular flexibility index (Phi) is 7.57. The van der Waals surface area contributed by atoms with Crippen molar-refractivity contribution in [3.8, 4) is 11.5 Å². The minimum atomic E-state index is 0. The quantitative estimate of drug-likeness (QED) is 0.825. The summed E-state index contributed by atoms with van der Waals surface area (Å²) in [5.74, 6) is 1.47. The first kappa shape index (κ1) is 17.8. The number of ether oxygens (including phenoxy) is 2. The predicted octanol–water partition coefficient (Wildman–Crippen LogP) is 4.18. The largest absolute Gasteiger partial charge is 0.493 e. The van der Waals surface area contributed by atoms with Crippen LogP contribution in [0, 0.1) is 0 Å². The average Bonchev–Trinajstić information content (AvgIpc) is 2.47. The number of rotatable bonds is 6. The van der Waals surface area contributed by atoms with E-state index in [2.05, 4.69) is 21.2 Å². The molecule has 2 rings (SSSR count). The number of nitrogens with one attached hydrogen (secondary N) is 1. The number of methoxy groups -OCH3 is 1. The van der Waals surface area contributed by atoms with E-state index in [-0.39, 0.29) is 12.4 Å². The fourth-order valence-corrected chi connectivity index (χ4v) is 2.55. The second-order valence-corrected chi connectivity index (χ2v) is 5.27. The van der Waals surface area contributed by atoms with E-state index in [9.17, 15) is 0 Å². The summed E-state index contributed by atoms with van der Waals surface area (Å²) in [6.07, 6.45) is 0. The topological polar surface area (TPSA) is 30.5 Å². The molecule has 0 fully saturated rings. The summed E-state index contributed by atoms with van der Waals surface area (Å²) in [6, 6.07) is 14.1. The third-order valence-electron chi connectivity index (χ3n) is 2.90. The Hall–Kier alpha value is -1.23. The standard InChI is InChI=1S/C16H18BrNO2.ClH/c1-18-10-13-8-14(17)16(15(9-13)19-2)20-11-12-6-4-3-5-7-12;/h3-9,18H,10-11H2,1-2H3;1H. The summed E-state index contributed by atoms with van der Waals surface area (Å²) in [7, 11) is 3.57. The zero-order valence-electron chi connectivity index (χ0n) is 12.1. The minimum Gasteiger partial charge on any atom is -0.493 e. The molecule has 0 spiro atoms. The molecule has 114 valence electrons. The summed E-state index contributed by atoms with van der Waals surface area (Å²) >= 11 is 3.55. The second-order valence-electron chi connectivity index (χ2n) is 4.41. The van der Waals surface area contributed by atoms with Gasteiger partial charge >= 0.3 is 0 Å². The van der Waals surface area contributed by atoms with Crippen LogP contribution in [0.4, 0.5) is 0 Å². The molecule has 0 heterocycles. The monoisotopic (exact) mass is 371 g/mol. The third-order valence-corrected chi connectivity index (χ3v) is 3.49. The van der Waals surface area contributed by atoms with E-state index in [4.69, 9.17) is 9.47 Å². The van der Waals surface area contributed by atoms with E-state index in [1.165, 1.54) is 0 Å². The van der Waals surface area contributed by atoms with E-state index in [0.29, 0.717) is 6.61 Å². The highest BCUT2D eigenvalue weighted by Gasteiger charge is 2.11. The minimum absolute atomic E-state index is 0. The fraction of sp³-hybridized carbons (Fsp3) is 0.250. The Morgan fingerprint density at radius 2 is 1.81 bits per heavy atom. The van der Waals surface area contributed by atoms with Crippen molar-refractivity contribution < 1.29 is 9.47 Å². The molecule has 0 aliphatic heterocycles. The van der Waals surface area contributed by atoms with Gasteiger partial charge in [0.2, 0.25) is 0 Å². The zero-order valence-corrected chi connectivity index (χ0v) is 14.5. The highest BCUT2D eigenvalue weighted by Crippen LogP contribution is 2.37. The van der Waals surface area contributed by atoms with Crippen molar-refractivity contribution in [3.05, 3.63) is 58.1 Å². The molecule has 0 unspecified atom stereocenters. The zero-order chi connectivity index (χ0) is 14.4. The predicted molar refractivity (Wildman–Crippen MR) is 91.5 cm³/mol. The van der Waals surface area contributed by atoms with Gasteiger partial charge in [-0.05, 0) is 46.2 Å². The van der Waals surface area contributed by atoms with Gasteiger partial charge in [0.25, 0.3) is 0 Å². The Balaban J connectivity index is 0.00000220. The molecule has 0 atom stereocenters. The maximum Gasteiger partial charge on any atom is 0.175 e. The van der Waals surface area contributed by atoms with Crippen LogP contribution in [0.3, 0.4) is 0 Å². The Labute approximate surface area is 140 Å². The molecule has 2 aromatic carbocycles. The smallest absolute Gasteiger partial charge is 0.175 e. The lowest BCUT2D eigenvalue weighted by Crippen LogP contribution is -2.06. The van der Waals surface area contributed by atoms with Crippen molar-refractivity contribution in [2.24, 2.45) is 0 Å². The van der Waals surface area contributed by atoms with Crippen LogP contribution in [0.15, 0.2) is 46.9 Å². The van der Waals surface area contributed by atoms with Gasteiger partial charge in [-0.3, -0.25) is 0 Å². The van der Waals surface area contributed by atoms with Crippen LogP contribution in [-0.4, -0.2) is 14.2 Å². The van der Waals surface area contributed by atoms with Gasteiger partial charge in [0.15, 0.2) is 11.5 Å². The van der Waals surface area contributed by atoms with Crippen molar-refractivity contribution in [2.45, 2.75) is 13.2 Å². The molecule has 21 heavy (non-hydrogen) atoms. The van der Waals surface area contributed by atoms with E-state index < -0.39 is 0 Å². The first-order valence-electron chi connectivity index (χ1n) is 6.42. The molecule has 0 bridgehead atoms.